The molecule has 19 heavy (non-hydrogen) atoms. The SMILES string of the molecule is CCNC(C)(CCCCN1CCOCC1C)C(N)=O. The number of unbranched alkanes of at least 4 members (excludes halogenated alkanes) is 1. The Morgan fingerprint density at radius 3 is 2.84 bits per heavy atom. The topological polar surface area (TPSA) is 67.6 Å². The molecule has 0 aliphatic carbocycles. The Bertz CT molecular complexity index is 286. The molecule has 0 bridgehead atoms. The van der Waals surface area contributed by atoms with Crippen LogP contribution in [0.1, 0.15) is 40.0 Å². The van der Waals surface area contributed by atoms with Gasteiger partial charge in [-0.25, -0.2) is 0 Å². The second-order valence-corrected chi connectivity index (χ2v) is 5.64. The van der Waals surface area contributed by atoms with E-state index in [4.69, 9.17) is 10.5 Å². The van der Waals surface area contributed by atoms with Gasteiger partial charge in [-0.3, -0.25) is 9.69 Å². The predicted molar refractivity (Wildman–Crippen MR) is 77.0 cm³/mol. The molecule has 0 aromatic rings. The van der Waals surface area contributed by atoms with Crippen LogP contribution in [0.5, 0.6) is 0 Å². The molecular weight excluding hydrogens is 242 g/mol. The van der Waals surface area contributed by atoms with E-state index in [1.807, 2.05) is 13.8 Å². The minimum absolute atomic E-state index is 0.255. The molecule has 0 saturated carbocycles. The van der Waals surface area contributed by atoms with Crippen molar-refractivity contribution in [3.63, 3.8) is 0 Å². The third-order valence-corrected chi connectivity index (χ3v) is 3.99. The van der Waals surface area contributed by atoms with Gasteiger partial charge in [0.25, 0.3) is 0 Å². The number of rotatable bonds is 8. The number of primary amides is 1. The molecule has 0 aromatic carbocycles. The van der Waals surface area contributed by atoms with Crippen molar-refractivity contribution in [2.24, 2.45) is 5.73 Å². The number of ether oxygens (including phenoxy) is 1. The van der Waals surface area contributed by atoms with Crippen molar-refractivity contribution in [2.75, 3.05) is 32.8 Å². The van der Waals surface area contributed by atoms with E-state index in [1.165, 1.54) is 0 Å². The van der Waals surface area contributed by atoms with Crippen molar-refractivity contribution in [3.05, 3.63) is 0 Å². The molecule has 1 heterocycles. The Morgan fingerprint density at radius 1 is 1.53 bits per heavy atom. The Kier molecular flexibility index (Phi) is 6.75. The lowest BCUT2D eigenvalue weighted by Crippen LogP contribution is -2.53. The van der Waals surface area contributed by atoms with E-state index in [2.05, 4.69) is 17.1 Å². The number of hydrogen-bond donors (Lipinski definition) is 2. The first-order valence-electron chi connectivity index (χ1n) is 7.36. The van der Waals surface area contributed by atoms with E-state index in [0.717, 1.165) is 52.1 Å². The summed E-state index contributed by atoms with van der Waals surface area (Å²) in [4.78, 5) is 13.9. The van der Waals surface area contributed by atoms with Gasteiger partial charge in [0.05, 0.1) is 18.8 Å². The number of hydrogen-bond acceptors (Lipinski definition) is 4. The molecule has 1 saturated heterocycles. The van der Waals surface area contributed by atoms with Crippen molar-refractivity contribution in [3.8, 4) is 0 Å². The lowest BCUT2D eigenvalue weighted by atomic mass is 9.94. The number of likely N-dealkylation sites (N-methyl/N-ethyl adjacent to an activating group) is 1. The van der Waals surface area contributed by atoms with Crippen LogP contribution in [0.25, 0.3) is 0 Å². The Balaban J connectivity index is 2.26. The highest BCUT2D eigenvalue weighted by Gasteiger charge is 2.29. The van der Waals surface area contributed by atoms with Crippen LogP contribution in [0.3, 0.4) is 0 Å². The van der Waals surface area contributed by atoms with Crippen LogP contribution in [0, 0.1) is 0 Å². The van der Waals surface area contributed by atoms with Crippen LogP contribution in [-0.2, 0) is 9.53 Å². The summed E-state index contributed by atoms with van der Waals surface area (Å²) in [5.41, 5.74) is 4.91. The van der Waals surface area contributed by atoms with Gasteiger partial charge in [-0.05, 0) is 46.2 Å². The van der Waals surface area contributed by atoms with Gasteiger partial charge >= 0.3 is 0 Å². The van der Waals surface area contributed by atoms with E-state index in [-0.39, 0.29) is 5.91 Å². The maximum atomic E-state index is 11.5. The molecule has 2 atom stereocenters. The van der Waals surface area contributed by atoms with Crippen molar-refractivity contribution in [1.82, 2.24) is 10.2 Å². The normalized spacial score (nSPS) is 24.1. The molecule has 1 rings (SSSR count). The molecule has 2 unspecified atom stereocenters. The van der Waals surface area contributed by atoms with E-state index >= 15 is 0 Å². The Hall–Kier alpha value is -0.650. The molecule has 112 valence electrons. The smallest absolute Gasteiger partial charge is 0.237 e. The van der Waals surface area contributed by atoms with E-state index in [9.17, 15) is 4.79 Å². The highest BCUT2D eigenvalue weighted by Crippen LogP contribution is 2.15. The van der Waals surface area contributed by atoms with E-state index < -0.39 is 5.54 Å². The van der Waals surface area contributed by atoms with Crippen molar-refractivity contribution in [1.29, 1.82) is 0 Å². The summed E-state index contributed by atoms with van der Waals surface area (Å²) in [5.74, 6) is -0.255. The first-order chi connectivity index (χ1) is 8.99. The van der Waals surface area contributed by atoms with Crippen LogP contribution < -0.4 is 11.1 Å². The molecule has 1 fully saturated rings. The molecular formula is C14H29N3O2. The summed E-state index contributed by atoms with van der Waals surface area (Å²) in [6.45, 7) is 10.6. The summed E-state index contributed by atoms with van der Waals surface area (Å²) in [6, 6.07) is 0.505. The van der Waals surface area contributed by atoms with Gasteiger partial charge < -0.3 is 15.8 Å². The number of nitrogens with zero attached hydrogens (tertiary/aromatic N) is 1. The minimum Gasteiger partial charge on any atom is -0.379 e. The zero-order valence-corrected chi connectivity index (χ0v) is 12.6. The molecule has 1 aliphatic rings. The number of morpholine rings is 1. The molecule has 3 N–H and O–H groups in total. The van der Waals surface area contributed by atoms with Gasteiger partial charge in [0.15, 0.2) is 0 Å². The highest BCUT2D eigenvalue weighted by atomic mass is 16.5. The maximum Gasteiger partial charge on any atom is 0.237 e. The lowest BCUT2D eigenvalue weighted by Gasteiger charge is -2.33. The Labute approximate surface area is 116 Å². The first-order valence-corrected chi connectivity index (χ1v) is 7.36. The third-order valence-electron chi connectivity index (χ3n) is 3.99. The maximum absolute atomic E-state index is 11.5. The largest absolute Gasteiger partial charge is 0.379 e. The summed E-state index contributed by atoms with van der Waals surface area (Å²) in [5, 5.41) is 3.20. The average Bonchev–Trinajstić information content (AvgIpc) is 2.37. The Morgan fingerprint density at radius 2 is 2.26 bits per heavy atom. The molecule has 0 radical (unpaired) electrons. The van der Waals surface area contributed by atoms with Gasteiger partial charge in [-0.15, -0.1) is 0 Å². The second-order valence-electron chi connectivity index (χ2n) is 5.64. The number of amides is 1. The first kappa shape index (κ1) is 16.4. The van der Waals surface area contributed by atoms with Crippen molar-refractivity contribution in [2.45, 2.75) is 51.6 Å². The van der Waals surface area contributed by atoms with E-state index in [0.29, 0.717) is 6.04 Å². The van der Waals surface area contributed by atoms with Gasteiger partial charge in [-0.2, -0.15) is 0 Å². The number of carbonyl (C=O) groups excluding carboxylic acids is 1. The van der Waals surface area contributed by atoms with Crippen molar-refractivity contribution >= 4 is 5.91 Å². The van der Waals surface area contributed by atoms with Gasteiger partial charge in [0, 0.05) is 12.6 Å². The summed E-state index contributed by atoms with van der Waals surface area (Å²) in [7, 11) is 0. The van der Waals surface area contributed by atoms with Crippen LogP contribution >= 0.6 is 0 Å². The van der Waals surface area contributed by atoms with Crippen molar-refractivity contribution < 1.29 is 9.53 Å². The van der Waals surface area contributed by atoms with E-state index in [1.54, 1.807) is 0 Å². The molecule has 0 aromatic heterocycles. The molecule has 0 spiro atoms. The number of nitrogens with two attached hydrogens (primary N) is 1. The van der Waals surface area contributed by atoms with Gasteiger partial charge in [-0.1, -0.05) is 6.92 Å². The summed E-state index contributed by atoms with van der Waals surface area (Å²) < 4.78 is 5.42. The predicted octanol–water partition coefficient (Wildman–Crippen LogP) is 0.731. The molecule has 1 aliphatic heterocycles. The van der Waals surface area contributed by atoms with Crippen LogP contribution in [-0.4, -0.2) is 55.2 Å². The zero-order valence-electron chi connectivity index (χ0n) is 12.6. The fraction of sp³-hybridized carbons (Fsp3) is 0.929. The average molecular weight is 271 g/mol. The third kappa shape index (κ3) is 5.09. The quantitative estimate of drug-likeness (QED) is 0.639. The lowest BCUT2D eigenvalue weighted by molar-refractivity contribution is -0.124. The van der Waals surface area contributed by atoms with Gasteiger partial charge in [0.2, 0.25) is 5.91 Å². The van der Waals surface area contributed by atoms with Crippen LogP contribution in [0.2, 0.25) is 0 Å². The number of carbonyl (C=O) groups is 1. The highest BCUT2D eigenvalue weighted by molar-refractivity contribution is 5.84. The molecule has 5 heteroatoms. The fourth-order valence-electron chi connectivity index (χ4n) is 2.58. The van der Waals surface area contributed by atoms with Gasteiger partial charge in [0.1, 0.15) is 0 Å². The summed E-state index contributed by atoms with van der Waals surface area (Å²) in [6.07, 6.45) is 2.91. The molecule has 5 nitrogen and oxygen atoms in total. The standard InChI is InChI=1S/C14H29N3O2/c1-4-16-14(3,13(15)18)7-5-6-8-17-9-10-19-11-12(17)2/h12,16H,4-11H2,1-3H3,(H2,15,18). The fourth-order valence-corrected chi connectivity index (χ4v) is 2.58. The summed E-state index contributed by atoms with van der Waals surface area (Å²) >= 11 is 0. The molecule has 1 amide bonds. The zero-order chi connectivity index (χ0) is 14.3. The monoisotopic (exact) mass is 271 g/mol. The van der Waals surface area contributed by atoms with Crippen LogP contribution in [0.4, 0.5) is 0 Å². The second kappa shape index (κ2) is 7.82. The number of nitrogens with one attached hydrogen (secondary N) is 1. The van der Waals surface area contributed by atoms with Crippen LogP contribution in [0.15, 0.2) is 0 Å². The minimum atomic E-state index is -0.564.